The summed E-state index contributed by atoms with van der Waals surface area (Å²) in [7, 11) is 0. The van der Waals surface area contributed by atoms with Gasteiger partial charge >= 0.3 is 0 Å². The molecular weight excluding hydrogens is 314 g/mol. The first-order valence-electron chi connectivity index (χ1n) is 7.02. The average Bonchev–Trinajstić information content (AvgIpc) is 3.11. The topological polar surface area (TPSA) is 130 Å². The summed E-state index contributed by atoms with van der Waals surface area (Å²) in [5.74, 6) is -1.07. The van der Waals surface area contributed by atoms with E-state index in [9.17, 15) is 14.7 Å². The number of fused-ring (bicyclic) bond motifs is 1. The lowest BCUT2D eigenvalue weighted by Crippen LogP contribution is -2.46. The maximum atomic E-state index is 12.2. The van der Waals surface area contributed by atoms with Gasteiger partial charge in [0.2, 0.25) is 0 Å². The third-order valence-electron chi connectivity index (χ3n) is 3.17. The van der Waals surface area contributed by atoms with Gasteiger partial charge in [0.25, 0.3) is 11.8 Å². The minimum absolute atomic E-state index is 0.0430. The lowest BCUT2D eigenvalue weighted by Gasteiger charge is -2.14. The zero-order valence-corrected chi connectivity index (χ0v) is 12.3. The van der Waals surface area contributed by atoms with E-state index < -0.39 is 24.5 Å². The molecule has 3 N–H and O–H groups in total. The third-order valence-corrected chi connectivity index (χ3v) is 3.17. The number of anilines is 1. The van der Waals surface area contributed by atoms with E-state index in [1.165, 1.54) is 18.5 Å². The number of aliphatic hydroxyl groups is 1. The van der Waals surface area contributed by atoms with Gasteiger partial charge in [-0.3, -0.25) is 14.6 Å². The molecule has 0 saturated heterocycles. The summed E-state index contributed by atoms with van der Waals surface area (Å²) >= 11 is 0. The minimum Gasteiger partial charge on any atom is -0.394 e. The summed E-state index contributed by atoms with van der Waals surface area (Å²) in [5, 5.41) is 17.7. The van der Waals surface area contributed by atoms with Crippen LogP contribution in [-0.4, -0.2) is 44.7 Å². The van der Waals surface area contributed by atoms with Crippen LogP contribution in [-0.2, 0) is 4.79 Å². The van der Waals surface area contributed by atoms with Crippen molar-refractivity contribution in [3.05, 3.63) is 48.5 Å². The zero-order valence-electron chi connectivity index (χ0n) is 12.3. The Labute approximate surface area is 135 Å². The number of aromatic nitrogens is 3. The largest absolute Gasteiger partial charge is 0.394 e. The highest BCUT2D eigenvalue weighted by atomic mass is 16.5. The molecule has 1 atom stereocenters. The summed E-state index contributed by atoms with van der Waals surface area (Å²) in [6, 6.07) is 7.35. The molecule has 0 radical (unpaired) electrons. The molecule has 0 bridgehead atoms. The van der Waals surface area contributed by atoms with Gasteiger partial charge in [-0.2, -0.15) is 0 Å². The highest BCUT2D eigenvalue weighted by molar-refractivity contribution is 6.00. The molecule has 9 nitrogen and oxygen atoms in total. The van der Waals surface area contributed by atoms with Crippen molar-refractivity contribution in [1.82, 2.24) is 20.4 Å². The van der Waals surface area contributed by atoms with Crippen molar-refractivity contribution in [2.75, 3.05) is 11.9 Å². The van der Waals surface area contributed by atoms with Crippen LogP contribution < -0.4 is 10.6 Å². The second-order valence-corrected chi connectivity index (χ2v) is 4.83. The quantitative estimate of drug-likeness (QED) is 0.616. The summed E-state index contributed by atoms with van der Waals surface area (Å²) in [5.41, 5.74) is 1.25. The highest BCUT2D eigenvalue weighted by Gasteiger charge is 2.22. The molecule has 3 aromatic rings. The highest BCUT2D eigenvalue weighted by Crippen LogP contribution is 2.08. The number of benzene rings is 1. The minimum atomic E-state index is -1.16. The molecule has 24 heavy (non-hydrogen) atoms. The number of aliphatic hydroxyl groups excluding tert-OH is 1. The average molecular weight is 327 g/mol. The number of hydrogen-bond acceptors (Lipinski definition) is 7. The third kappa shape index (κ3) is 3.36. The molecule has 1 unspecified atom stereocenters. The van der Waals surface area contributed by atoms with E-state index >= 15 is 0 Å². The van der Waals surface area contributed by atoms with E-state index in [0.29, 0.717) is 11.0 Å². The van der Waals surface area contributed by atoms with Crippen LogP contribution >= 0.6 is 0 Å². The Balaban J connectivity index is 1.72. The van der Waals surface area contributed by atoms with Gasteiger partial charge in [0.05, 0.1) is 23.8 Å². The Hall–Kier alpha value is -3.33. The van der Waals surface area contributed by atoms with Crippen LogP contribution in [0.1, 0.15) is 10.5 Å². The van der Waals surface area contributed by atoms with Crippen molar-refractivity contribution >= 4 is 28.7 Å². The molecule has 2 amide bonds. The first kappa shape index (κ1) is 15.6. The number of rotatable bonds is 5. The van der Waals surface area contributed by atoms with E-state index in [2.05, 4.69) is 30.3 Å². The molecule has 0 aliphatic carbocycles. The Bertz CT molecular complexity index is 865. The second kappa shape index (κ2) is 6.84. The van der Waals surface area contributed by atoms with Crippen LogP contribution in [0.25, 0.3) is 11.0 Å². The van der Waals surface area contributed by atoms with Crippen molar-refractivity contribution in [2.45, 2.75) is 6.04 Å². The predicted molar refractivity (Wildman–Crippen MR) is 83.0 cm³/mol. The Morgan fingerprint density at radius 1 is 1.21 bits per heavy atom. The van der Waals surface area contributed by atoms with Gasteiger partial charge in [-0.1, -0.05) is 17.3 Å². The first-order valence-corrected chi connectivity index (χ1v) is 7.02. The van der Waals surface area contributed by atoms with Crippen LogP contribution in [0, 0.1) is 0 Å². The zero-order chi connectivity index (χ0) is 16.9. The van der Waals surface area contributed by atoms with Crippen molar-refractivity contribution in [3.63, 3.8) is 0 Å². The SMILES string of the molecule is O=C(NC(CO)C(=O)Nc1ccon1)c1cnc2ccccc2n1. The molecule has 122 valence electrons. The number of nitrogens with one attached hydrogen (secondary N) is 2. The van der Waals surface area contributed by atoms with Gasteiger partial charge in [-0.25, -0.2) is 4.98 Å². The Morgan fingerprint density at radius 2 is 2.00 bits per heavy atom. The first-order chi connectivity index (χ1) is 11.7. The number of hydrogen-bond donors (Lipinski definition) is 3. The van der Waals surface area contributed by atoms with E-state index in [0.717, 1.165) is 0 Å². The maximum absolute atomic E-state index is 12.2. The van der Waals surface area contributed by atoms with Crippen molar-refractivity contribution < 1.29 is 19.2 Å². The summed E-state index contributed by atoms with van der Waals surface area (Å²) in [4.78, 5) is 32.6. The van der Waals surface area contributed by atoms with E-state index in [-0.39, 0.29) is 11.5 Å². The Morgan fingerprint density at radius 3 is 2.71 bits per heavy atom. The van der Waals surface area contributed by atoms with Crippen LogP contribution in [0.2, 0.25) is 0 Å². The van der Waals surface area contributed by atoms with Crippen molar-refractivity contribution in [3.8, 4) is 0 Å². The summed E-state index contributed by atoms with van der Waals surface area (Å²) in [6.07, 6.45) is 2.59. The van der Waals surface area contributed by atoms with E-state index in [1.807, 2.05) is 6.07 Å². The molecule has 3 rings (SSSR count). The van der Waals surface area contributed by atoms with Crippen molar-refractivity contribution in [2.24, 2.45) is 0 Å². The molecule has 0 spiro atoms. The Kier molecular flexibility index (Phi) is 4.43. The number of amides is 2. The van der Waals surface area contributed by atoms with Crippen LogP contribution in [0.15, 0.2) is 47.3 Å². The fourth-order valence-electron chi connectivity index (χ4n) is 1.98. The predicted octanol–water partition coefficient (Wildman–Crippen LogP) is 0.347. The van der Waals surface area contributed by atoms with E-state index in [1.54, 1.807) is 18.2 Å². The fourth-order valence-corrected chi connectivity index (χ4v) is 1.98. The van der Waals surface area contributed by atoms with Gasteiger partial charge in [0, 0.05) is 6.07 Å². The number of nitrogens with zero attached hydrogens (tertiary/aromatic N) is 3. The van der Waals surface area contributed by atoms with Crippen LogP contribution in [0.3, 0.4) is 0 Å². The summed E-state index contributed by atoms with van der Waals surface area (Å²) in [6.45, 7) is -0.587. The number of carbonyl (C=O) groups is 2. The van der Waals surface area contributed by atoms with Crippen LogP contribution in [0.5, 0.6) is 0 Å². The van der Waals surface area contributed by atoms with Crippen molar-refractivity contribution in [1.29, 1.82) is 0 Å². The molecular formula is C15H13N5O4. The van der Waals surface area contributed by atoms with Gasteiger partial charge in [0.15, 0.2) is 5.82 Å². The molecule has 0 aliphatic heterocycles. The fraction of sp³-hybridized carbons (Fsp3) is 0.133. The smallest absolute Gasteiger partial charge is 0.272 e. The number of para-hydroxylation sites is 2. The van der Waals surface area contributed by atoms with Gasteiger partial charge in [-0.05, 0) is 12.1 Å². The molecule has 0 aliphatic rings. The summed E-state index contributed by atoms with van der Waals surface area (Å²) < 4.78 is 4.59. The second-order valence-electron chi connectivity index (χ2n) is 4.83. The van der Waals surface area contributed by atoms with Crippen LogP contribution in [0.4, 0.5) is 5.82 Å². The number of carbonyl (C=O) groups excluding carboxylic acids is 2. The lowest BCUT2D eigenvalue weighted by atomic mass is 10.2. The molecule has 2 heterocycles. The normalized spacial score (nSPS) is 11.9. The molecule has 0 saturated carbocycles. The van der Waals surface area contributed by atoms with Gasteiger partial charge in [0.1, 0.15) is 18.0 Å². The molecule has 2 aromatic heterocycles. The standard InChI is InChI=1S/C15H13N5O4/c21-8-12(15(23)19-13-5-6-24-20-13)18-14(22)11-7-16-9-3-1-2-4-10(9)17-11/h1-7,12,21H,8H2,(H,18,22)(H,19,20,23). The monoisotopic (exact) mass is 327 g/mol. The molecule has 1 aromatic carbocycles. The molecule has 9 heteroatoms. The molecule has 0 fully saturated rings. The van der Waals surface area contributed by atoms with E-state index in [4.69, 9.17) is 0 Å². The lowest BCUT2D eigenvalue weighted by molar-refractivity contribution is -0.118. The van der Waals surface area contributed by atoms with Gasteiger partial charge < -0.3 is 20.3 Å². The maximum Gasteiger partial charge on any atom is 0.272 e. The van der Waals surface area contributed by atoms with Gasteiger partial charge in [-0.15, -0.1) is 0 Å².